The number of ketones is 2. The van der Waals surface area contributed by atoms with Crippen molar-refractivity contribution in [2.24, 2.45) is 17.6 Å². The van der Waals surface area contributed by atoms with Crippen LogP contribution in [0, 0.1) is 11.8 Å². The van der Waals surface area contributed by atoms with E-state index in [1.165, 1.54) is 44.1 Å². The summed E-state index contributed by atoms with van der Waals surface area (Å²) in [5.74, 6) is -9.66. The number of nitrogens with two attached hydrogens (primary N) is 1. The third-order valence-corrected chi connectivity index (χ3v) is 7.04. The monoisotopic (exact) mass is 566 g/mol. The van der Waals surface area contributed by atoms with Crippen molar-refractivity contribution >= 4 is 46.7 Å². The van der Waals surface area contributed by atoms with Gasteiger partial charge in [0.1, 0.15) is 22.8 Å². The van der Waals surface area contributed by atoms with Crippen LogP contribution in [0.25, 0.3) is 0 Å². The first-order valence-electron chi connectivity index (χ1n) is 10.8. The zero-order valence-electron chi connectivity index (χ0n) is 20.1. The molecule has 3 aliphatic carbocycles. The number of fused-ring (bicyclic) bond motifs is 3. The standard InChI is InChI=1S/C22H24N2O9.Li.H2O4S.H/c1-21(32)7-5-4-6-8(25)9(7)15(26)10-12(21)17(28)13-14(24(2)3)16(27)11(20(23)31)19(30)22(13,33)18(10)29;;1-5(2,3)4;/h4-6,12-14,17,25,27-29,32-33H,1-3H3,(H2,23,31);;(H2,1,2,3,4);/t12-,13-,14+,17+,21-,22+;;;/m1.../s1. The Morgan fingerprint density at radius 2 is 1.59 bits per heavy atom. The van der Waals surface area contributed by atoms with E-state index in [2.05, 4.69) is 0 Å². The molecule has 210 valence electrons. The molecule has 0 bridgehead atoms. The van der Waals surface area contributed by atoms with Gasteiger partial charge in [-0.15, -0.1) is 0 Å². The van der Waals surface area contributed by atoms with Gasteiger partial charge < -0.3 is 36.4 Å². The zero-order chi connectivity index (χ0) is 29.3. The molecule has 17 heteroatoms. The van der Waals surface area contributed by atoms with Gasteiger partial charge in [-0.25, -0.2) is 0 Å². The van der Waals surface area contributed by atoms with Crippen molar-refractivity contribution in [2.45, 2.75) is 30.3 Å². The number of aliphatic hydroxyl groups excluding tert-OH is 3. The van der Waals surface area contributed by atoms with Crippen LogP contribution in [0.5, 0.6) is 5.75 Å². The van der Waals surface area contributed by atoms with E-state index in [-0.39, 0.29) is 30.0 Å². The maximum atomic E-state index is 13.3. The van der Waals surface area contributed by atoms with Gasteiger partial charge in [-0.3, -0.25) is 28.4 Å². The van der Waals surface area contributed by atoms with Crippen molar-refractivity contribution in [2.75, 3.05) is 14.1 Å². The van der Waals surface area contributed by atoms with Crippen LogP contribution < -0.4 is 5.73 Å². The number of hydrogen-bond donors (Lipinski definition) is 9. The van der Waals surface area contributed by atoms with Crippen molar-refractivity contribution in [3.8, 4) is 5.75 Å². The number of phenolic OH excluding ortho intramolecular Hbond substituents is 1. The Hall–Kier alpha value is -2.78. The van der Waals surface area contributed by atoms with Crippen LogP contribution in [0.4, 0.5) is 0 Å². The van der Waals surface area contributed by atoms with Gasteiger partial charge in [0.15, 0.2) is 11.4 Å². The molecule has 0 spiro atoms. The molecule has 1 aromatic rings. The Labute approximate surface area is 233 Å². The molecule has 0 saturated carbocycles. The number of amides is 1. The minimum atomic E-state index is -4.67. The second-order valence-corrected chi connectivity index (χ2v) is 10.4. The van der Waals surface area contributed by atoms with E-state index in [4.69, 9.17) is 23.3 Å². The van der Waals surface area contributed by atoms with E-state index in [1.807, 2.05) is 0 Å². The van der Waals surface area contributed by atoms with E-state index in [1.54, 1.807) is 0 Å². The average molecular weight is 566 g/mol. The predicted molar refractivity (Wildman–Crippen MR) is 132 cm³/mol. The quantitative estimate of drug-likeness (QED) is 0.101. The second kappa shape index (κ2) is 10.3. The molecule has 0 heterocycles. The Kier molecular flexibility index (Phi) is 8.58. The van der Waals surface area contributed by atoms with Crippen molar-refractivity contribution in [1.82, 2.24) is 4.90 Å². The predicted octanol–water partition coefficient (Wildman–Crippen LogP) is -2.54. The number of aromatic hydroxyl groups is 1. The molecule has 0 radical (unpaired) electrons. The van der Waals surface area contributed by atoms with E-state index >= 15 is 0 Å². The normalized spacial score (nSPS) is 31.9. The number of primary amides is 1. The van der Waals surface area contributed by atoms with Gasteiger partial charge in [0.2, 0.25) is 5.78 Å². The van der Waals surface area contributed by atoms with Crippen molar-refractivity contribution in [3.63, 3.8) is 0 Å². The topological polar surface area (TPSA) is 276 Å². The molecule has 39 heavy (non-hydrogen) atoms. The Morgan fingerprint density at radius 3 is 2.05 bits per heavy atom. The van der Waals surface area contributed by atoms with Gasteiger partial charge in [0, 0.05) is 0 Å². The molecule has 10 N–H and O–H groups in total. The summed E-state index contributed by atoms with van der Waals surface area (Å²) in [5, 5.41) is 66.5. The minimum absolute atomic E-state index is 0. The fourth-order valence-electron chi connectivity index (χ4n) is 5.60. The first kappa shape index (κ1) is 32.4. The number of carbonyl (C=O) groups excluding carboxylic acids is 3. The molecule has 0 unspecified atom stereocenters. The molecule has 4 rings (SSSR count). The average Bonchev–Trinajstić information content (AvgIpc) is 2.75. The molecule has 1 aromatic carbocycles. The number of likely N-dealkylation sites (N-methyl/N-ethyl adjacent to an activating group) is 1. The van der Waals surface area contributed by atoms with Crippen LogP contribution in [0.1, 0.15) is 22.8 Å². The van der Waals surface area contributed by atoms with Gasteiger partial charge >= 0.3 is 29.3 Å². The van der Waals surface area contributed by atoms with E-state index < -0.39 is 91.5 Å². The number of Topliss-reactive ketones (excluding diaryl/α,β-unsaturated/α-hetero) is 2. The van der Waals surface area contributed by atoms with Crippen molar-refractivity contribution < 1.29 is 62.5 Å². The van der Waals surface area contributed by atoms with Gasteiger partial charge in [-0.05, 0) is 32.6 Å². The van der Waals surface area contributed by atoms with Crippen LogP contribution in [0.3, 0.4) is 0 Å². The number of hydrogen-bond acceptors (Lipinski definition) is 12. The van der Waals surface area contributed by atoms with E-state index in [0.717, 1.165) is 0 Å². The molecule has 15 nitrogen and oxygen atoms in total. The van der Waals surface area contributed by atoms with Crippen LogP contribution in [0.15, 0.2) is 40.9 Å². The Balaban J connectivity index is 0.000000816. The first-order chi connectivity index (χ1) is 17.2. The first-order valence-corrected chi connectivity index (χ1v) is 12.2. The van der Waals surface area contributed by atoms with E-state index in [9.17, 15) is 45.0 Å². The maximum absolute atomic E-state index is 13.3. The van der Waals surface area contributed by atoms with Crippen molar-refractivity contribution in [3.05, 3.63) is 52.0 Å². The van der Waals surface area contributed by atoms with Crippen LogP contribution in [-0.2, 0) is 25.6 Å². The summed E-state index contributed by atoms with van der Waals surface area (Å²) < 4.78 is 31.6. The van der Waals surface area contributed by atoms with Crippen molar-refractivity contribution in [1.29, 1.82) is 0 Å². The molecule has 0 aromatic heterocycles. The number of carbonyl (C=O) groups is 3. The Morgan fingerprint density at radius 1 is 1.08 bits per heavy atom. The summed E-state index contributed by atoms with van der Waals surface area (Å²) in [4.78, 5) is 39.8. The summed E-state index contributed by atoms with van der Waals surface area (Å²) in [5.41, 5.74) is -1.88. The van der Waals surface area contributed by atoms with Crippen LogP contribution >= 0.6 is 0 Å². The third-order valence-electron chi connectivity index (χ3n) is 7.04. The Bertz CT molecular complexity index is 1410. The molecule has 0 aliphatic heterocycles. The molecule has 1 amide bonds. The number of benzene rings is 1. The zero-order valence-corrected chi connectivity index (χ0v) is 20.9. The number of rotatable bonds is 2. The van der Waals surface area contributed by atoms with Gasteiger partial charge in [-0.1, -0.05) is 12.1 Å². The van der Waals surface area contributed by atoms with Crippen LogP contribution in [-0.4, -0.2) is 121 Å². The second-order valence-electron chi connectivity index (χ2n) is 9.51. The molecule has 0 fully saturated rings. The summed E-state index contributed by atoms with van der Waals surface area (Å²) in [6.45, 7) is 1.25. The summed E-state index contributed by atoms with van der Waals surface area (Å²) in [7, 11) is -1.81. The van der Waals surface area contributed by atoms with Gasteiger partial charge in [-0.2, -0.15) is 8.42 Å². The molecular formula is C22H27LiN2O13S. The summed E-state index contributed by atoms with van der Waals surface area (Å²) >= 11 is 0. The molecule has 0 saturated heterocycles. The van der Waals surface area contributed by atoms with E-state index in [0.29, 0.717) is 0 Å². The SMILES string of the molecule is CN(C)[C@@H]1C(O)=C(C(N)=O)C(=O)[C@@]2(O)C(O)=C3C(=O)c4c(O)cccc4[C@@](C)(O)[C@H]3[C@H](O)[C@@H]12.O=S(=O)(O)O.[LiH]. The fraction of sp³-hybridized carbons (Fsp3) is 0.409. The van der Waals surface area contributed by atoms with Crippen LogP contribution in [0.2, 0.25) is 0 Å². The number of phenols is 1. The fourth-order valence-corrected chi connectivity index (χ4v) is 5.60. The molecule has 3 aliphatic rings. The number of nitrogens with zero attached hydrogens (tertiary/aromatic N) is 1. The van der Waals surface area contributed by atoms with Gasteiger partial charge in [0.25, 0.3) is 5.91 Å². The third kappa shape index (κ3) is 4.88. The number of aliphatic hydroxyl groups is 5. The summed E-state index contributed by atoms with van der Waals surface area (Å²) in [6.07, 6.45) is -1.87. The molecular weight excluding hydrogens is 539 g/mol. The van der Waals surface area contributed by atoms with Gasteiger partial charge in [0.05, 0.1) is 40.7 Å². The summed E-state index contributed by atoms with van der Waals surface area (Å²) in [6, 6.07) is 2.54. The molecule has 6 atom stereocenters.